The second-order valence-corrected chi connectivity index (χ2v) is 11.0. The van der Waals surface area contributed by atoms with Gasteiger partial charge < -0.3 is 5.32 Å². The Bertz CT molecular complexity index is 1570. The lowest BCUT2D eigenvalue weighted by Crippen LogP contribution is -2.17. The third kappa shape index (κ3) is 4.62. The fourth-order valence-corrected chi connectivity index (χ4v) is 6.18. The van der Waals surface area contributed by atoms with Crippen molar-refractivity contribution in [1.82, 2.24) is 4.57 Å². The Hall–Kier alpha value is -3.43. The second kappa shape index (κ2) is 9.08. The standard InChI is InChI=1S/C25H25N3O4S2/c1-15(2)28-21-12-11-19(14-22(21)33-25(28)30)26-24(29)18-10-9-17(4)23(13-18)34(31,32)27-20-8-6-5-7-16(20)3/h5-15,27H,1-4H3,(H,26,29). The molecule has 176 valence electrons. The van der Waals surface area contributed by atoms with E-state index in [0.29, 0.717) is 16.9 Å². The number of carbonyl (C=O) groups is 1. The van der Waals surface area contributed by atoms with Gasteiger partial charge in [0.25, 0.3) is 15.9 Å². The van der Waals surface area contributed by atoms with E-state index in [9.17, 15) is 18.0 Å². The number of hydrogen-bond acceptors (Lipinski definition) is 5. The van der Waals surface area contributed by atoms with Crippen molar-refractivity contribution in [2.45, 2.75) is 38.6 Å². The molecule has 3 aromatic carbocycles. The van der Waals surface area contributed by atoms with Crippen LogP contribution in [0, 0.1) is 13.8 Å². The predicted octanol–water partition coefficient (Wildman–Crippen LogP) is 5.31. The van der Waals surface area contributed by atoms with Crippen LogP contribution in [0.1, 0.15) is 41.4 Å². The van der Waals surface area contributed by atoms with Gasteiger partial charge in [-0.15, -0.1) is 0 Å². The molecule has 0 fully saturated rings. The summed E-state index contributed by atoms with van der Waals surface area (Å²) < 4.78 is 31.2. The Morgan fingerprint density at radius 2 is 1.71 bits per heavy atom. The number of nitrogens with zero attached hydrogens (tertiary/aromatic N) is 1. The molecule has 0 radical (unpaired) electrons. The maximum Gasteiger partial charge on any atom is 0.308 e. The smallest absolute Gasteiger partial charge is 0.308 e. The van der Waals surface area contributed by atoms with Gasteiger partial charge in [-0.25, -0.2) is 8.42 Å². The predicted molar refractivity (Wildman–Crippen MR) is 138 cm³/mol. The summed E-state index contributed by atoms with van der Waals surface area (Å²) >= 11 is 1.12. The van der Waals surface area contributed by atoms with Gasteiger partial charge in [-0.1, -0.05) is 35.6 Å². The minimum Gasteiger partial charge on any atom is -0.322 e. The summed E-state index contributed by atoms with van der Waals surface area (Å²) in [5.41, 5.74) is 3.35. The van der Waals surface area contributed by atoms with Gasteiger partial charge in [-0.2, -0.15) is 0 Å². The SMILES string of the molecule is Cc1ccccc1NS(=O)(=O)c1cc(C(=O)Nc2ccc3c(c2)sc(=O)n3C(C)C)ccc1C. The van der Waals surface area contributed by atoms with E-state index in [4.69, 9.17) is 0 Å². The highest BCUT2D eigenvalue weighted by Gasteiger charge is 2.20. The van der Waals surface area contributed by atoms with Gasteiger partial charge in [-0.05, 0) is 75.2 Å². The third-order valence-electron chi connectivity index (χ3n) is 5.52. The van der Waals surface area contributed by atoms with E-state index >= 15 is 0 Å². The zero-order chi connectivity index (χ0) is 24.6. The topological polar surface area (TPSA) is 97.3 Å². The van der Waals surface area contributed by atoms with Crippen molar-refractivity contribution in [1.29, 1.82) is 0 Å². The normalized spacial score (nSPS) is 11.7. The summed E-state index contributed by atoms with van der Waals surface area (Å²) in [4.78, 5) is 25.2. The number of nitrogens with one attached hydrogen (secondary N) is 2. The Morgan fingerprint density at radius 3 is 2.41 bits per heavy atom. The van der Waals surface area contributed by atoms with Crippen molar-refractivity contribution in [3.63, 3.8) is 0 Å². The molecule has 7 nitrogen and oxygen atoms in total. The van der Waals surface area contributed by atoms with Crippen molar-refractivity contribution in [3.05, 3.63) is 87.0 Å². The van der Waals surface area contributed by atoms with Crippen molar-refractivity contribution >= 4 is 48.9 Å². The molecule has 0 bridgehead atoms. The van der Waals surface area contributed by atoms with Crippen molar-refractivity contribution in [3.8, 4) is 0 Å². The monoisotopic (exact) mass is 495 g/mol. The van der Waals surface area contributed by atoms with Crippen molar-refractivity contribution in [2.24, 2.45) is 0 Å². The van der Waals surface area contributed by atoms with E-state index in [1.54, 1.807) is 54.0 Å². The van der Waals surface area contributed by atoms with E-state index in [1.165, 1.54) is 6.07 Å². The van der Waals surface area contributed by atoms with Crippen LogP contribution < -0.4 is 14.9 Å². The van der Waals surface area contributed by atoms with Crippen LogP contribution in [0.5, 0.6) is 0 Å². The Morgan fingerprint density at radius 1 is 0.971 bits per heavy atom. The molecule has 1 aromatic heterocycles. The minimum absolute atomic E-state index is 0.0305. The summed E-state index contributed by atoms with van der Waals surface area (Å²) in [6.45, 7) is 7.39. The average Bonchev–Trinajstić information content (AvgIpc) is 3.10. The molecule has 0 spiro atoms. The highest BCUT2D eigenvalue weighted by atomic mass is 32.2. The van der Waals surface area contributed by atoms with Gasteiger partial charge in [0.1, 0.15) is 0 Å². The molecule has 9 heteroatoms. The van der Waals surface area contributed by atoms with Gasteiger partial charge in [0.2, 0.25) is 0 Å². The number of aryl methyl sites for hydroxylation is 2. The van der Waals surface area contributed by atoms with Crippen LogP contribution in [0.15, 0.2) is 70.4 Å². The van der Waals surface area contributed by atoms with Crippen LogP contribution in [0.2, 0.25) is 0 Å². The molecule has 0 unspecified atom stereocenters. The zero-order valence-electron chi connectivity index (χ0n) is 19.2. The van der Waals surface area contributed by atoms with E-state index in [0.717, 1.165) is 27.1 Å². The molecular weight excluding hydrogens is 470 g/mol. The summed E-state index contributed by atoms with van der Waals surface area (Å²) in [7, 11) is -3.90. The number of hydrogen-bond donors (Lipinski definition) is 2. The quantitative estimate of drug-likeness (QED) is 0.379. The molecular formula is C25H25N3O4S2. The maximum atomic E-state index is 13.1. The molecule has 0 atom stereocenters. The molecule has 2 N–H and O–H groups in total. The number of fused-ring (bicyclic) bond motifs is 1. The average molecular weight is 496 g/mol. The molecule has 0 aliphatic carbocycles. The van der Waals surface area contributed by atoms with Gasteiger partial charge in [0, 0.05) is 17.3 Å². The lowest BCUT2D eigenvalue weighted by Gasteiger charge is -2.14. The van der Waals surface area contributed by atoms with Gasteiger partial charge >= 0.3 is 4.87 Å². The number of sulfonamides is 1. The van der Waals surface area contributed by atoms with E-state index < -0.39 is 15.9 Å². The maximum absolute atomic E-state index is 13.1. The first-order valence-corrected chi connectivity index (χ1v) is 13.0. The van der Waals surface area contributed by atoms with Crippen LogP contribution in [-0.4, -0.2) is 18.9 Å². The highest BCUT2D eigenvalue weighted by molar-refractivity contribution is 7.92. The molecule has 0 saturated heterocycles. The number of aromatic nitrogens is 1. The summed E-state index contributed by atoms with van der Waals surface area (Å²) in [5, 5.41) is 2.81. The Labute approximate surface area is 202 Å². The number of para-hydroxylation sites is 1. The fraction of sp³-hybridized carbons (Fsp3) is 0.200. The molecule has 1 amide bonds. The lowest BCUT2D eigenvalue weighted by atomic mass is 10.1. The first-order chi connectivity index (χ1) is 16.1. The summed E-state index contributed by atoms with van der Waals surface area (Å²) in [6, 6.07) is 17.0. The summed E-state index contributed by atoms with van der Waals surface area (Å²) in [5.74, 6) is -0.442. The summed E-state index contributed by atoms with van der Waals surface area (Å²) in [6.07, 6.45) is 0. The molecule has 0 aliphatic heterocycles. The first-order valence-electron chi connectivity index (χ1n) is 10.7. The zero-order valence-corrected chi connectivity index (χ0v) is 20.9. The Balaban J connectivity index is 1.62. The van der Waals surface area contributed by atoms with E-state index in [2.05, 4.69) is 10.0 Å². The highest BCUT2D eigenvalue weighted by Crippen LogP contribution is 2.26. The van der Waals surface area contributed by atoms with E-state index in [1.807, 2.05) is 32.9 Å². The molecule has 34 heavy (non-hydrogen) atoms. The number of anilines is 2. The Kier molecular flexibility index (Phi) is 6.33. The third-order valence-corrected chi connectivity index (χ3v) is 7.94. The number of carbonyl (C=O) groups excluding carboxylic acids is 1. The van der Waals surface area contributed by atoms with Crippen LogP contribution in [0.3, 0.4) is 0 Å². The molecule has 0 aliphatic rings. The molecule has 0 saturated carbocycles. The number of amides is 1. The van der Waals surface area contributed by atoms with Gasteiger partial charge in [0.15, 0.2) is 0 Å². The number of rotatable bonds is 6. The van der Waals surface area contributed by atoms with E-state index in [-0.39, 0.29) is 21.4 Å². The van der Waals surface area contributed by atoms with Gasteiger partial charge in [-0.3, -0.25) is 18.9 Å². The number of thiazole rings is 1. The van der Waals surface area contributed by atoms with Crippen molar-refractivity contribution in [2.75, 3.05) is 10.0 Å². The fourth-order valence-electron chi connectivity index (χ4n) is 3.72. The second-order valence-electron chi connectivity index (χ2n) is 8.37. The van der Waals surface area contributed by atoms with Crippen LogP contribution in [0.25, 0.3) is 10.2 Å². The lowest BCUT2D eigenvalue weighted by molar-refractivity contribution is 0.102. The van der Waals surface area contributed by atoms with Crippen LogP contribution >= 0.6 is 11.3 Å². The van der Waals surface area contributed by atoms with Crippen molar-refractivity contribution < 1.29 is 13.2 Å². The van der Waals surface area contributed by atoms with Crippen LogP contribution in [0.4, 0.5) is 11.4 Å². The number of benzene rings is 3. The van der Waals surface area contributed by atoms with Gasteiger partial charge in [0.05, 0.1) is 20.8 Å². The molecule has 1 heterocycles. The van der Waals surface area contributed by atoms with Crippen LogP contribution in [-0.2, 0) is 10.0 Å². The molecule has 4 aromatic rings. The minimum atomic E-state index is -3.90. The molecule has 4 rings (SSSR count). The first kappa shape index (κ1) is 23.7. The largest absolute Gasteiger partial charge is 0.322 e.